The Morgan fingerprint density at radius 3 is 2.64 bits per heavy atom. The van der Waals surface area contributed by atoms with E-state index in [2.05, 4.69) is 26.1 Å². The molecule has 1 aromatic carbocycles. The molecule has 9 heteroatoms. The molecule has 0 spiro atoms. The Kier molecular flexibility index (Phi) is 5.85. The van der Waals surface area contributed by atoms with E-state index in [0.717, 1.165) is 16.8 Å². The van der Waals surface area contributed by atoms with Gasteiger partial charge in [0.1, 0.15) is 16.4 Å². The fourth-order valence-corrected chi connectivity index (χ4v) is 3.59. The summed E-state index contributed by atoms with van der Waals surface area (Å²) in [4.78, 5) is 13.5. The van der Waals surface area contributed by atoms with E-state index >= 15 is 0 Å². The van der Waals surface area contributed by atoms with Crippen molar-refractivity contribution in [1.29, 1.82) is 5.26 Å². The minimum atomic E-state index is -1.02. The fourth-order valence-electron chi connectivity index (χ4n) is 3.42. The number of aliphatic hydroxyl groups is 1. The molecular weight excluding hydrogens is 438 g/mol. The molecule has 8 nitrogen and oxygen atoms in total. The van der Waals surface area contributed by atoms with Gasteiger partial charge in [-0.05, 0) is 50.1 Å². The van der Waals surface area contributed by atoms with Crippen molar-refractivity contribution in [1.82, 2.24) is 24.7 Å². The van der Waals surface area contributed by atoms with Crippen LogP contribution in [0, 0.1) is 18.3 Å². The highest BCUT2D eigenvalue weighted by Crippen LogP contribution is 2.29. The molecule has 0 saturated heterocycles. The number of nitrogens with two attached hydrogens (primary N) is 1. The van der Waals surface area contributed by atoms with Crippen LogP contribution in [0.25, 0.3) is 17.2 Å². The van der Waals surface area contributed by atoms with E-state index in [0.29, 0.717) is 34.9 Å². The van der Waals surface area contributed by atoms with Crippen LogP contribution in [0.15, 0.2) is 48.8 Å². The molecule has 0 fully saturated rings. The number of hydrogen-bond donors (Lipinski definition) is 2. The Morgan fingerprint density at radius 1 is 1.15 bits per heavy atom. The molecule has 3 heterocycles. The number of nitriles is 1. The highest BCUT2D eigenvalue weighted by atomic mass is 35.5. The number of halogens is 1. The van der Waals surface area contributed by atoms with Crippen molar-refractivity contribution in [3.63, 3.8) is 0 Å². The van der Waals surface area contributed by atoms with E-state index < -0.39 is 5.60 Å². The molecule has 0 unspecified atom stereocenters. The molecule has 4 rings (SSSR count). The van der Waals surface area contributed by atoms with Gasteiger partial charge in [0.2, 0.25) is 0 Å². The van der Waals surface area contributed by atoms with Gasteiger partial charge in [0.15, 0.2) is 11.6 Å². The van der Waals surface area contributed by atoms with Gasteiger partial charge in [0.05, 0.1) is 23.5 Å². The molecule has 0 aliphatic carbocycles. The van der Waals surface area contributed by atoms with Crippen LogP contribution < -0.4 is 5.73 Å². The molecular formula is C24H22ClN7O. The van der Waals surface area contributed by atoms with Gasteiger partial charge in [-0.3, -0.25) is 4.98 Å². The third kappa shape index (κ3) is 4.55. The second-order valence-corrected chi connectivity index (χ2v) is 8.58. The van der Waals surface area contributed by atoms with E-state index in [4.69, 9.17) is 17.3 Å². The maximum atomic E-state index is 10.2. The van der Waals surface area contributed by atoms with E-state index in [1.54, 1.807) is 49.1 Å². The number of hydrogen-bond acceptors (Lipinski definition) is 7. The Labute approximate surface area is 196 Å². The van der Waals surface area contributed by atoms with Crippen LogP contribution in [-0.2, 0) is 12.0 Å². The summed E-state index contributed by atoms with van der Waals surface area (Å²) in [6.45, 7) is 5.23. The normalized spacial score (nSPS) is 11.4. The molecule has 0 atom stereocenters. The third-order valence-corrected chi connectivity index (χ3v) is 5.59. The number of aromatic nitrogens is 5. The zero-order valence-electron chi connectivity index (χ0n) is 18.4. The van der Waals surface area contributed by atoms with Crippen molar-refractivity contribution in [3.05, 3.63) is 81.9 Å². The zero-order chi connectivity index (χ0) is 23.8. The van der Waals surface area contributed by atoms with E-state index in [-0.39, 0.29) is 10.8 Å². The van der Waals surface area contributed by atoms with Crippen LogP contribution in [0.2, 0.25) is 5.02 Å². The Hall–Kier alpha value is -3.80. The molecule has 3 N–H and O–H groups in total. The lowest BCUT2D eigenvalue weighted by atomic mass is 10.0. The summed E-state index contributed by atoms with van der Waals surface area (Å²) in [5.74, 6) is 0.818. The van der Waals surface area contributed by atoms with Crippen molar-refractivity contribution in [3.8, 4) is 23.3 Å². The van der Waals surface area contributed by atoms with Gasteiger partial charge in [-0.1, -0.05) is 29.8 Å². The van der Waals surface area contributed by atoms with Crippen LogP contribution >= 0.6 is 11.6 Å². The lowest BCUT2D eigenvalue weighted by Crippen LogP contribution is -2.18. The molecule has 33 heavy (non-hydrogen) atoms. The third-order valence-electron chi connectivity index (χ3n) is 5.23. The number of nitrogens with zero attached hydrogens (tertiary/aromatic N) is 6. The van der Waals surface area contributed by atoms with Gasteiger partial charge in [0, 0.05) is 23.9 Å². The minimum Gasteiger partial charge on any atom is -0.384 e. The highest BCUT2D eigenvalue weighted by Gasteiger charge is 2.19. The first kappa shape index (κ1) is 22.4. The van der Waals surface area contributed by atoms with Gasteiger partial charge >= 0.3 is 0 Å². The topological polar surface area (TPSA) is 127 Å². The van der Waals surface area contributed by atoms with E-state index in [1.807, 2.05) is 25.1 Å². The smallest absolute Gasteiger partial charge is 0.178 e. The predicted molar refractivity (Wildman–Crippen MR) is 126 cm³/mol. The van der Waals surface area contributed by atoms with Gasteiger partial charge in [0.25, 0.3) is 0 Å². The van der Waals surface area contributed by atoms with Gasteiger partial charge < -0.3 is 10.8 Å². The van der Waals surface area contributed by atoms with Crippen LogP contribution in [0.4, 0.5) is 5.82 Å². The molecule has 3 aromatic heterocycles. The summed E-state index contributed by atoms with van der Waals surface area (Å²) >= 11 is 6.42. The van der Waals surface area contributed by atoms with E-state index in [9.17, 15) is 10.4 Å². The average molecular weight is 460 g/mol. The van der Waals surface area contributed by atoms with Gasteiger partial charge in [-0.2, -0.15) is 10.4 Å². The standard InChI is InChI=1S/C24H22ClN7O/c1-14-16(11-26)6-4-8-18(14)22-30-21(27)20(25)23(31-22)32-13-15(12-28-32)10-17-7-5-9-19(29-17)24(2,3)33/h4-9,12-13,33H,10H2,1-3H3,(H2,27,30,31). The van der Waals surface area contributed by atoms with Crippen molar-refractivity contribution in [2.75, 3.05) is 5.73 Å². The Balaban J connectivity index is 1.70. The predicted octanol–water partition coefficient (Wildman–Crippen LogP) is 3.96. The molecule has 0 radical (unpaired) electrons. The van der Waals surface area contributed by atoms with Crippen LogP contribution in [-0.4, -0.2) is 29.8 Å². The Morgan fingerprint density at radius 2 is 1.91 bits per heavy atom. The summed E-state index contributed by atoms with van der Waals surface area (Å²) in [7, 11) is 0. The summed E-state index contributed by atoms with van der Waals surface area (Å²) in [5, 5.41) is 24.1. The lowest BCUT2D eigenvalue weighted by molar-refractivity contribution is 0.0736. The molecule has 0 amide bonds. The number of anilines is 1. The molecule has 0 aliphatic rings. The number of rotatable bonds is 5. The van der Waals surface area contributed by atoms with Gasteiger partial charge in [-0.15, -0.1) is 0 Å². The fraction of sp³-hybridized carbons (Fsp3) is 0.208. The molecule has 166 valence electrons. The zero-order valence-corrected chi connectivity index (χ0v) is 19.2. The SMILES string of the molecule is Cc1c(C#N)cccc1-c1nc(N)c(Cl)c(-n2cc(Cc3cccc(C(C)(C)O)n3)cn2)n1. The second kappa shape index (κ2) is 8.62. The monoisotopic (exact) mass is 459 g/mol. The highest BCUT2D eigenvalue weighted by molar-refractivity contribution is 6.34. The van der Waals surface area contributed by atoms with Crippen LogP contribution in [0.3, 0.4) is 0 Å². The summed E-state index contributed by atoms with van der Waals surface area (Å²) in [5.41, 5.74) is 9.32. The van der Waals surface area contributed by atoms with Crippen molar-refractivity contribution < 1.29 is 5.11 Å². The minimum absolute atomic E-state index is 0.120. The number of pyridine rings is 1. The first-order chi connectivity index (χ1) is 15.7. The first-order valence-electron chi connectivity index (χ1n) is 10.2. The number of benzene rings is 1. The van der Waals surface area contributed by atoms with Crippen molar-refractivity contribution in [2.24, 2.45) is 0 Å². The maximum absolute atomic E-state index is 10.2. The maximum Gasteiger partial charge on any atom is 0.178 e. The second-order valence-electron chi connectivity index (χ2n) is 8.20. The largest absolute Gasteiger partial charge is 0.384 e. The Bertz CT molecular complexity index is 1380. The van der Waals surface area contributed by atoms with E-state index in [1.165, 1.54) is 0 Å². The van der Waals surface area contributed by atoms with Crippen molar-refractivity contribution in [2.45, 2.75) is 32.8 Å². The van der Waals surface area contributed by atoms with Crippen LogP contribution in [0.5, 0.6) is 0 Å². The average Bonchev–Trinajstić information content (AvgIpc) is 3.23. The van der Waals surface area contributed by atoms with Gasteiger partial charge in [-0.25, -0.2) is 14.6 Å². The number of nitrogen functional groups attached to an aromatic ring is 1. The molecule has 0 aliphatic heterocycles. The van der Waals surface area contributed by atoms with Crippen molar-refractivity contribution >= 4 is 17.4 Å². The molecule has 4 aromatic rings. The summed E-state index contributed by atoms with van der Waals surface area (Å²) in [6, 6.07) is 13.1. The molecule has 0 bridgehead atoms. The van der Waals surface area contributed by atoms with Crippen LogP contribution in [0.1, 0.15) is 41.9 Å². The lowest BCUT2D eigenvalue weighted by Gasteiger charge is -2.17. The quantitative estimate of drug-likeness (QED) is 0.462. The summed E-state index contributed by atoms with van der Waals surface area (Å²) in [6.07, 6.45) is 4.01. The first-order valence-corrected chi connectivity index (χ1v) is 10.6. The summed E-state index contributed by atoms with van der Waals surface area (Å²) < 4.78 is 1.54. The molecule has 0 saturated carbocycles.